The summed E-state index contributed by atoms with van der Waals surface area (Å²) in [6.07, 6.45) is 5.54. The monoisotopic (exact) mass is 285 g/mol. The van der Waals surface area contributed by atoms with Crippen LogP contribution in [0.3, 0.4) is 0 Å². The van der Waals surface area contributed by atoms with E-state index in [1.807, 2.05) is 24.6 Å². The van der Waals surface area contributed by atoms with E-state index in [9.17, 15) is 4.79 Å². The Morgan fingerprint density at radius 1 is 1.33 bits per heavy atom. The molecule has 2 aromatic heterocycles. The fraction of sp³-hybridized carbons (Fsp3) is 0.467. The average molecular weight is 285 g/mol. The molecule has 0 radical (unpaired) electrons. The summed E-state index contributed by atoms with van der Waals surface area (Å²) in [6.45, 7) is 5.16. The molecule has 0 atom stereocenters. The predicted molar refractivity (Wildman–Crippen MR) is 78.0 cm³/mol. The Labute approximate surface area is 123 Å². The quantitative estimate of drug-likeness (QED) is 0.905. The van der Waals surface area contributed by atoms with E-state index in [1.165, 1.54) is 0 Å². The number of nitrogens with zero attached hydrogens (tertiary/aromatic N) is 4. The van der Waals surface area contributed by atoms with Crippen LogP contribution in [0.25, 0.3) is 0 Å². The molecule has 0 bridgehead atoms. The van der Waals surface area contributed by atoms with Crippen molar-refractivity contribution < 1.29 is 4.79 Å². The second-order valence-corrected chi connectivity index (χ2v) is 5.51. The van der Waals surface area contributed by atoms with Gasteiger partial charge in [0.15, 0.2) is 0 Å². The molecule has 0 spiro atoms. The molecule has 0 aromatic carbocycles. The van der Waals surface area contributed by atoms with Crippen molar-refractivity contribution in [2.24, 2.45) is 0 Å². The third-order valence-corrected chi connectivity index (χ3v) is 3.59. The van der Waals surface area contributed by atoms with E-state index in [0.29, 0.717) is 24.6 Å². The number of hydrogen-bond acceptors (Lipinski definition) is 4. The molecule has 2 aromatic rings. The zero-order valence-corrected chi connectivity index (χ0v) is 12.3. The predicted octanol–water partition coefficient (Wildman–Crippen LogP) is 1.60. The number of nitrogens with one attached hydrogen (secondary N) is 1. The maximum atomic E-state index is 12.0. The van der Waals surface area contributed by atoms with E-state index in [2.05, 4.69) is 20.4 Å². The van der Waals surface area contributed by atoms with Gasteiger partial charge in [0, 0.05) is 30.6 Å². The first-order chi connectivity index (χ1) is 10.1. The highest BCUT2D eigenvalue weighted by Crippen LogP contribution is 2.37. The molecular weight excluding hydrogens is 266 g/mol. The number of aromatic nitrogens is 4. The van der Waals surface area contributed by atoms with Gasteiger partial charge in [0.1, 0.15) is 5.82 Å². The second-order valence-electron chi connectivity index (χ2n) is 5.51. The standard InChI is InChI=1S/C15H19N5O/c1-10-7-11(2)20(19-10)6-5-16-15(21)13-8-17-14(18-9-13)12-3-4-12/h7-9,12H,3-6H2,1-2H3,(H,16,21). The first-order valence-electron chi connectivity index (χ1n) is 7.24. The molecule has 3 rings (SSSR count). The lowest BCUT2D eigenvalue weighted by Crippen LogP contribution is -2.28. The van der Waals surface area contributed by atoms with Crippen molar-refractivity contribution in [2.45, 2.75) is 39.2 Å². The van der Waals surface area contributed by atoms with Gasteiger partial charge < -0.3 is 5.32 Å². The first kappa shape index (κ1) is 13.7. The number of rotatable bonds is 5. The molecule has 1 saturated carbocycles. The summed E-state index contributed by atoms with van der Waals surface area (Å²) in [4.78, 5) is 20.5. The van der Waals surface area contributed by atoms with Gasteiger partial charge >= 0.3 is 0 Å². The minimum absolute atomic E-state index is 0.140. The fourth-order valence-electron chi connectivity index (χ4n) is 2.29. The van der Waals surface area contributed by atoms with Gasteiger partial charge in [-0.1, -0.05) is 0 Å². The molecular formula is C15H19N5O. The Kier molecular flexibility index (Phi) is 3.68. The highest BCUT2D eigenvalue weighted by Gasteiger charge is 2.26. The van der Waals surface area contributed by atoms with Crippen LogP contribution in [0.5, 0.6) is 0 Å². The van der Waals surface area contributed by atoms with Crippen molar-refractivity contribution in [3.63, 3.8) is 0 Å². The number of hydrogen-bond donors (Lipinski definition) is 1. The molecule has 1 aliphatic carbocycles. The van der Waals surface area contributed by atoms with Crippen LogP contribution in [-0.2, 0) is 6.54 Å². The summed E-state index contributed by atoms with van der Waals surface area (Å²) in [5.41, 5.74) is 2.59. The zero-order valence-electron chi connectivity index (χ0n) is 12.3. The Morgan fingerprint density at radius 3 is 2.62 bits per heavy atom. The molecule has 1 aliphatic rings. The van der Waals surface area contributed by atoms with Crippen molar-refractivity contribution in [3.05, 3.63) is 41.2 Å². The van der Waals surface area contributed by atoms with Crippen LogP contribution < -0.4 is 5.32 Å². The van der Waals surface area contributed by atoms with E-state index < -0.39 is 0 Å². The first-order valence-corrected chi connectivity index (χ1v) is 7.24. The van der Waals surface area contributed by atoms with Gasteiger partial charge in [-0.25, -0.2) is 9.97 Å². The Bertz CT molecular complexity index is 643. The normalized spacial score (nSPS) is 14.2. The molecule has 21 heavy (non-hydrogen) atoms. The van der Waals surface area contributed by atoms with Crippen molar-refractivity contribution >= 4 is 5.91 Å². The van der Waals surface area contributed by atoms with Gasteiger partial charge in [-0.2, -0.15) is 5.10 Å². The Balaban J connectivity index is 1.52. The lowest BCUT2D eigenvalue weighted by atomic mass is 10.3. The molecule has 1 N–H and O–H groups in total. The van der Waals surface area contributed by atoms with Gasteiger partial charge in [0.25, 0.3) is 5.91 Å². The largest absolute Gasteiger partial charge is 0.350 e. The summed E-state index contributed by atoms with van der Waals surface area (Å²) in [6, 6.07) is 2.02. The minimum atomic E-state index is -0.140. The third-order valence-electron chi connectivity index (χ3n) is 3.59. The number of amides is 1. The van der Waals surface area contributed by atoms with Crippen LogP contribution in [0.2, 0.25) is 0 Å². The molecule has 110 valence electrons. The summed E-state index contributed by atoms with van der Waals surface area (Å²) in [5, 5.41) is 7.23. The number of carbonyl (C=O) groups excluding carboxylic acids is 1. The molecule has 1 fully saturated rings. The van der Waals surface area contributed by atoms with Gasteiger partial charge in [-0.05, 0) is 32.8 Å². The number of aryl methyl sites for hydroxylation is 2. The van der Waals surface area contributed by atoms with Gasteiger partial charge in [0.05, 0.1) is 17.8 Å². The van der Waals surface area contributed by atoms with Crippen molar-refractivity contribution in [3.8, 4) is 0 Å². The highest BCUT2D eigenvalue weighted by molar-refractivity contribution is 5.93. The van der Waals surface area contributed by atoms with E-state index >= 15 is 0 Å². The average Bonchev–Trinajstić information content (AvgIpc) is 3.26. The molecule has 6 nitrogen and oxygen atoms in total. The van der Waals surface area contributed by atoms with Gasteiger partial charge in [-0.3, -0.25) is 9.48 Å². The third kappa shape index (κ3) is 3.26. The summed E-state index contributed by atoms with van der Waals surface area (Å²) in [7, 11) is 0. The molecule has 2 heterocycles. The van der Waals surface area contributed by atoms with Crippen molar-refractivity contribution in [1.82, 2.24) is 25.1 Å². The lowest BCUT2D eigenvalue weighted by molar-refractivity contribution is 0.0951. The lowest BCUT2D eigenvalue weighted by Gasteiger charge is -2.07. The van der Waals surface area contributed by atoms with Gasteiger partial charge in [-0.15, -0.1) is 0 Å². The van der Waals surface area contributed by atoms with Crippen molar-refractivity contribution in [1.29, 1.82) is 0 Å². The van der Waals surface area contributed by atoms with Crippen LogP contribution in [0.1, 0.15) is 46.3 Å². The van der Waals surface area contributed by atoms with E-state index in [-0.39, 0.29) is 5.91 Å². The van der Waals surface area contributed by atoms with Crippen LogP contribution in [0.4, 0.5) is 0 Å². The van der Waals surface area contributed by atoms with Crippen LogP contribution in [-0.4, -0.2) is 32.2 Å². The SMILES string of the molecule is Cc1cc(C)n(CCNC(=O)c2cnc(C3CC3)nc2)n1. The molecule has 0 aliphatic heterocycles. The maximum Gasteiger partial charge on any atom is 0.254 e. The van der Waals surface area contributed by atoms with E-state index in [1.54, 1.807) is 12.4 Å². The zero-order chi connectivity index (χ0) is 14.8. The number of carbonyl (C=O) groups is 1. The smallest absolute Gasteiger partial charge is 0.254 e. The van der Waals surface area contributed by atoms with Gasteiger partial charge in [0.2, 0.25) is 0 Å². The van der Waals surface area contributed by atoms with Crippen LogP contribution in [0.15, 0.2) is 18.5 Å². The van der Waals surface area contributed by atoms with E-state index in [0.717, 1.165) is 30.1 Å². The van der Waals surface area contributed by atoms with Crippen LogP contribution in [0, 0.1) is 13.8 Å². The Morgan fingerprint density at radius 2 is 2.05 bits per heavy atom. The second kappa shape index (κ2) is 5.63. The summed E-state index contributed by atoms with van der Waals surface area (Å²) >= 11 is 0. The molecule has 6 heteroatoms. The Hall–Kier alpha value is -2.24. The summed E-state index contributed by atoms with van der Waals surface area (Å²) < 4.78 is 1.89. The maximum absolute atomic E-state index is 12.0. The minimum Gasteiger partial charge on any atom is -0.350 e. The molecule has 0 saturated heterocycles. The fourth-order valence-corrected chi connectivity index (χ4v) is 2.29. The van der Waals surface area contributed by atoms with E-state index in [4.69, 9.17) is 0 Å². The molecule has 0 unspecified atom stereocenters. The topological polar surface area (TPSA) is 72.7 Å². The molecule has 1 amide bonds. The summed E-state index contributed by atoms with van der Waals surface area (Å²) in [5.74, 6) is 1.22. The van der Waals surface area contributed by atoms with Crippen LogP contribution >= 0.6 is 0 Å². The highest BCUT2D eigenvalue weighted by atomic mass is 16.1. The van der Waals surface area contributed by atoms with Crippen molar-refractivity contribution in [2.75, 3.05) is 6.54 Å².